The Morgan fingerprint density at radius 1 is 1.35 bits per heavy atom. The van der Waals surface area contributed by atoms with Gasteiger partial charge in [-0.1, -0.05) is 30.9 Å². The van der Waals surface area contributed by atoms with Gasteiger partial charge in [0.15, 0.2) is 0 Å². The molecule has 0 saturated carbocycles. The minimum atomic E-state index is -1.39. The van der Waals surface area contributed by atoms with Gasteiger partial charge >= 0.3 is 0 Å². The zero-order valence-corrected chi connectivity index (χ0v) is 9.98. The molecule has 1 aliphatic heterocycles. The molecule has 0 fully saturated rings. The second-order valence-corrected chi connectivity index (χ2v) is 4.25. The second-order valence-electron chi connectivity index (χ2n) is 4.25. The van der Waals surface area contributed by atoms with Crippen LogP contribution in [0, 0.1) is 11.8 Å². The lowest BCUT2D eigenvalue weighted by Crippen LogP contribution is -2.29. The number of fused-ring (bicyclic) bond motifs is 1. The first-order valence-corrected chi connectivity index (χ1v) is 5.92. The fraction of sp³-hybridized carbons (Fsp3) is 0.429. The first-order valence-electron chi connectivity index (χ1n) is 5.92. The van der Waals surface area contributed by atoms with E-state index in [0.29, 0.717) is 13.1 Å². The highest BCUT2D eigenvalue weighted by Gasteiger charge is 2.24. The molecular formula is C14H17NO2. The van der Waals surface area contributed by atoms with Crippen LogP contribution in [-0.2, 0) is 13.1 Å². The first-order chi connectivity index (χ1) is 8.22. The van der Waals surface area contributed by atoms with E-state index in [0.717, 1.165) is 29.5 Å². The molecule has 17 heavy (non-hydrogen) atoms. The summed E-state index contributed by atoms with van der Waals surface area (Å²) in [6.07, 6.45) is 0.568. The predicted molar refractivity (Wildman–Crippen MR) is 65.7 cm³/mol. The van der Waals surface area contributed by atoms with Gasteiger partial charge in [0.25, 0.3) is 0 Å². The fourth-order valence-electron chi connectivity index (χ4n) is 2.01. The topological polar surface area (TPSA) is 43.7 Å². The van der Waals surface area contributed by atoms with Gasteiger partial charge in [-0.2, -0.15) is 0 Å². The largest absolute Gasteiger partial charge is 0.356 e. The molecule has 0 bridgehead atoms. The van der Waals surface area contributed by atoms with E-state index in [9.17, 15) is 10.2 Å². The van der Waals surface area contributed by atoms with Crippen LogP contribution >= 0.6 is 0 Å². The van der Waals surface area contributed by atoms with Crippen molar-refractivity contribution in [1.82, 2.24) is 4.90 Å². The molecule has 0 saturated heterocycles. The Morgan fingerprint density at radius 3 is 2.88 bits per heavy atom. The first kappa shape index (κ1) is 12.1. The number of unbranched alkanes of at least 4 members (excludes halogenated alkanes) is 1. The molecule has 0 radical (unpaired) electrons. The standard InChI is InChI=1S/C14H17NO2/c1-2-3-4-6-11-7-5-8-12-9-15(14(16)17)10-13(11)12/h5,7-8,14,16-17H,2-3,9-10H2,1H3. The Morgan fingerprint density at radius 2 is 2.18 bits per heavy atom. The van der Waals surface area contributed by atoms with Gasteiger partial charge in [0, 0.05) is 25.1 Å². The molecule has 90 valence electrons. The van der Waals surface area contributed by atoms with E-state index in [1.54, 1.807) is 4.90 Å². The van der Waals surface area contributed by atoms with E-state index < -0.39 is 6.41 Å². The van der Waals surface area contributed by atoms with E-state index >= 15 is 0 Å². The van der Waals surface area contributed by atoms with E-state index in [2.05, 4.69) is 18.8 Å². The highest BCUT2D eigenvalue weighted by atomic mass is 16.5. The van der Waals surface area contributed by atoms with Crippen LogP contribution < -0.4 is 0 Å². The van der Waals surface area contributed by atoms with E-state index in [1.165, 1.54) is 0 Å². The molecule has 0 atom stereocenters. The summed E-state index contributed by atoms with van der Waals surface area (Å²) in [6.45, 7) is 3.24. The van der Waals surface area contributed by atoms with Gasteiger partial charge in [-0.05, 0) is 23.6 Å². The summed E-state index contributed by atoms with van der Waals surface area (Å²) < 4.78 is 0. The number of rotatable bonds is 2. The van der Waals surface area contributed by atoms with E-state index in [1.807, 2.05) is 18.2 Å². The van der Waals surface area contributed by atoms with Crippen LogP contribution in [0.1, 0.15) is 36.5 Å². The van der Waals surface area contributed by atoms with Crippen LogP contribution in [0.4, 0.5) is 0 Å². The van der Waals surface area contributed by atoms with Gasteiger partial charge in [-0.15, -0.1) is 0 Å². The van der Waals surface area contributed by atoms with E-state index in [4.69, 9.17) is 0 Å². The zero-order valence-electron chi connectivity index (χ0n) is 9.98. The van der Waals surface area contributed by atoms with Gasteiger partial charge in [0.05, 0.1) is 0 Å². The molecule has 0 unspecified atom stereocenters. The Labute approximate surface area is 102 Å². The lowest BCUT2D eigenvalue weighted by Gasteiger charge is -2.16. The van der Waals surface area contributed by atoms with Crippen molar-refractivity contribution in [3.05, 3.63) is 34.9 Å². The Kier molecular flexibility index (Phi) is 3.80. The fourth-order valence-corrected chi connectivity index (χ4v) is 2.01. The third-order valence-corrected chi connectivity index (χ3v) is 2.93. The maximum absolute atomic E-state index is 9.17. The van der Waals surface area contributed by atoms with Crippen molar-refractivity contribution < 1.29 is 10.2 Å². The summed E-state index contributed by atoms with van der Waals surface area (Å²) in [4.78, 5) is 1.61. The molecule has 2 N–H and O–H groups in total. The van der Waals surface area contributed by atoms with E-state index in [-0.39, 0.29) is 0 Å². The monoisotopic (exact) mass is 231 g/mol. The minimum absolute atomic E-state index is 0.560. The molecule has 1 aromatic rings. The summed E-state index contributed by atoms with van der Waals surface area (Å²) in [6, 6.07) is 5.99. The van der Waals surface area contributed by atoms with Crippen molar-refractivity contribution in [3.8, 4) is 11.8 Å². The summed E-state index contributed by atoms with van der Waals surface area (Å²) in [5, 5.41) is 18.3. The van der Waals surface area contributed by atoms with Crippen molar-refractivity contribution in [1.29, 1.82) is 0 Å². The smallest absolute Gasteiger partial charge is 0.214 e. The molecule has 0 spiro atoms. The van der Waals surface area contributed by atoms with Crippen molar-refractivity contribution >= 4 is 0 Å². The minimum Gasteiger partial charge on any atom is -0.356 e. The van der Waals surface area contributed by atoms with Crippen molar-refractivity contribution in [2.24, 2.45) is 0 Å². The van der Waals surface area contributed by atoms with Crippen LogP contribution in [0.2, 0.25) is 0 Å². The van der Waals surface area contributed by atoms with Crippen LogP contribution in [0.15, 0.2) is 18.2 Å². The van der Waals surface area contributed by atoms with Crippen molar-refractivity contribution in [2.45, 2.75) is 39.3 Å². The molecule has 0 amide bonds. The zero-order chi connectivity index (χ0) is 12.3. The third kappa shape index (κ3) is 2.67. The summed E-state index contributed by atoms with van der Waals surface area (Å²) in [5.74, 6) is 6.30. The predicted octanol–water partition coefficient (Wildman–Crippen LogP) is 1.42. The Bertz CT molecular complexity index is 457. The van der Waals surface area contributed by atoms with Crippen LogP contribution in [-0.4, -0.2) is 21.5 Å². The molecule has 1 aromatic carbocycles. The van der Waals surface area contributed by atoms with Crippen LogP contribution in [0.25, 0.3) is 0 Å². The normalized spacial score (nSPS) is 14.6. The molecule has 2 rings (SSSR count). The van der Waals surface area contributed by atoms with Gasteiger partial charge in [0.1, 0.15) is 0 Å². The number of hydrogen-bond acceptors (Lipinski definition) is 3. The van der Waals surface area contributed by atoms with Gasteiger partial charge in [-0.25, -0.2) is 4.90 Å². The van der Waals surface area contributed by atoms with Gasteiger partial charge in [-0.3, -0.25) is 0 Å². The van der Waals surface area contributed by atoms with Gasteiger partial charge < -0.3 is 10.2 Å². The maximum Gasteiger partial charge on any atom is 0.214 e. The number of aliphatic hydroxyl groups is 2. The SMILES string of the molecule is CCCC#Cc1cccc2c1CN(C(O)O)C2. The van der Waals surface area contributed by atoms with Gasteiger partial charge in [0.2, 0.25) is 6.41 Å². The Balaban J connectivity index is 2.23. The molecule has 0 aliphatic carbocycles. The lowest BCUT2D eigenvalue weighted by molar-refractivity contribution is -0.158. The average Bonchev–Trinajstić information content (AvgIpc) is 2.74. The maximum atomic E-state index is 9.17. The summed E-state index contributed by atoms with van der Waals surface area (Å²) in [7, 11) is 0. The molecule has 3 heteroatoms. The number of aliphatic hydroxyl groups excluding tert-OH is 1. The highest BCUT2D eigenvalue weighted by Crippen LogP contribution is 2.26. The van der Waals surface area contributed by atoms with Crippen molar-refractivity contribution in [3.63, 3.8) is 0 Å². The summed E-state index contributed by atoms with van der Waals surface area (Å²) >= 11 is 0. The number of benzene rings is 1. The summed E-state index contributed by atoms with van der Waals surface area (Å²) in [5.41, 5.74) is 3.28. The number of hydrogen-bond donors (Lipinski definition) is 2. The molecule has 1 heterocycles. The van der Waals surface area contributed by atoms with Crippen LogP contribution in [0.3, 0.4) is 0 Å². The average molecular weight is 231 g/mol. The second kappa shape index (κ2) is 5.33. The third-order valence-electron chi connectivity index (χ3n) is 2.93. The molecule has 3 nitrogen and oxygen atoms in total. The molecular weight excluding hydrogens is 214 g/mol. The quantitative estimate of drug-likeness (QED) is 0.597. The molecule has 0 aromatic heterocycles. The number of nitrogens with zero attached hydrogens (tertiary/aromatic N) is 1. The van der Waals surface area contributed by atoms with Crippen molar-refractivity contribution in [2.75, 3.05) is 0 Å². The Hall–Kier alpha value is -1.34. The van der Waals surface area contributed by atoms with Crippen LogP contribution in [0.5, 0.6) is 0 Å². The molecule has 1 aliphatic rings. The lowest BCUT2D eigenvalue weighted by atomic mass is 10.0. The highest BCUT2D eigenvalue weighted by molar-refractivity contribution is 5.47.